The first-order chi connectivity index (χ1) is 13.5. The molecule has 0 atom stereocenters. The summed E-state index contributed by atoms with van der Waals surface area (Å²) in [6.07, 6.45) is 2.33. The molecule has 1 aliphatic rings. The van der Waals surface area contributed by atoms with Crippen molar-refractivity contribution in [2.45, 2.75) is 31.6 Å². The number of rotatable bonds is 4. The molecule has 4 rings (SSSR count). The fourth-order valence-electron chi connectivity index (χ4n) is 3.59. The first-order valence-corrected chi connectivity index (χ1v) is 10.4. The summed E-state index contributed by atoms with van der Waals surface area (Å²) in [4.78, 5) is 18.9. The van der Waals surface area contributed by atoms with E-state index in [1.54, 1.807) is 24.3 Å². The second-order valence-corrected chi connectivity index (χ2v) is 8.41. The number of hydrogen-bond donors (Lipinski definition) is 0. The normalized spacial score (nSPS) is 15.3. The van der Waals surface area contributed by atoms with Crippen molar-refractivity contribution in [3.63, 3.8) is 0 Å². The number of amides is 1. The Hall–Kier alpha value is -1.92. The summed E-state index contributed by atoms with van der Waals surface area (Å²) in [6.45, 7) is 1.32. The zero-order valence-electron chi connectivity index (χ0n) is 15.1. The molecule has 1 aliphatic heterocycles. The molecular weight excluding hydrogens is 447 g/mol. The highest BCUT2D eigenvalue weighted by atomic mass is 79.9. The van der Waals surface area contributed by atoms with E-state index in [-0.39, 0.29) is 17.6 Å². The van der Waals surface area contributed by atoms with Gasteiger partial charge >= 0.3 is 0 Å². The van der Waals surface area contributed by atoms with Crippen molar-refractivity contribution in [3.05, 3.63) is 63.2 Å². The zero-order chi connectivity index (χ0) is 19.7. The van der Waals surface area contributed by atoms with E-state index in [2.05, 4.69) is 20.9 Å². The zero-order valence-corrected chi connectivity index (χ0v) is 17.5. The van der Waals surface area contributed by atoms with Crippen LogP contribution in [0, 0.1) is 5.82 Å². The van der Waals surface area contributed by atoms with Crippen molar-refractivity contribution in [2.75, 3.05) is 13.1 Å². The Bertz CT molecular complexity index is 1010. The van der Waals surface area contributed by atoms with E-state index in [4.69, 9.17) is 16.0 Å². The molecule has 0 spiro atoms. The van der Waals surface area contributed by atoms with E-state index in [1.165, 1.54) is 6.07 Å². The molecule has 0 aliphatic carbocycles. The van der Waals surface area contributed by atoms with Crippen LogP contribution in [0.1, 0.15) is 36.6 Å². The summed E-state index contributed by atoms with van der Waals surface area (Å²) in [5, 5.41) is 0.634. The molecule has 0 bridgehead atoms. The number of aromatic nitrogens is 1. The van der Waals surface area contributed by atoms with E-state index in [0.29, 0.717) is 46.9 Å². The summed E-state index contributed by atoms with van der Waals surface area (Å²) in [5.74, 6) is 0.683. The minimum absolute atomic E-state index is 0.0603. The Labute approximate surface area is 175 Å². The van der Waals surface area contributed by atoms with E-state index >= 15 is 0 Å². The van der Waals surface area contributed by atoms with Crippen LogP contribution in [0.3, 0.4) is 0 Å². The third-order valence-corrected chi connectivity index (χ3v) is 5.91. The predicted molar refractivity (Wildman–Crippen MR) is 110 cm³/mol. The lowest BCUT2D eigenvalue weighted by molar-refractivity contribution is -0.132. The van der Waals surface area contributed by atoms with Crippen molar-refractivity contribution in [1.29, 1.82) is 0 Å². The fourth-order valence-corrected chi connectivity index (χ4v) is 4.09. The Morgan fingerprint density at radius 3 is 2.79 bits per heavy atom. The van der Waals surface area contributed by atoms with Crippen LogP contribution in [-0.4, -0.2) is 28.9 Å². The highest BCUT2D eigenvalue weighted by Gasteiger charge is 2.27. The Kier molecular flexibility index (Phi) is 5.69. The standard InChI is InChI=1S/C21H19BrClFN2O2/c22-15-3-1-13(17(24)11-15)2-6-20(27)26-9-7-14(8-10-26)21-25-18-12-16(23)4-5-19(18)28-21/h1,3-5,11-12,14H,2,6-10H2. The third kappa shape index (κ3) is 4.23. The van der Waals surface area contributed by atoms with E-state index in [0.717, 1.165) is 23.9 Å². The Balaban J connectivity index is 1.33. The van der Waals surface area contributed by atoms with Crippen molar-refractivity contribution in [2.24, 2.45) is 0 Å². The maximum Gasteiger partial charge on any atom is 0.222 e. The molecule has 1 fully saturated rings. The van der Waals surface area contributed by atoms with Crippen LogP contribution in [0.4, 0.5) is 4.39 Å². The fraction of sp³-hybridized carbons (Fsp3) is 0.333. The Morgan fingerprint density at radius 1 is 1.25 bits per heavy atom. The maximum absolute atomic E-state index is 13.9. The molecule has 7 heteroatoms. The lowest BCUT2D eigenvalue weighted by Crippen LogP contribution is -2.38. The number of nitrogens with zero attached hydrogens (tertiary/aromatic N) is 2. The van der Waals surface area contributed by atoms with Crippen LogP contribution < -0.4 is 0 Å². The maximum atomic E-state index is 13.9. The van der Waals surface area contributed by atoms with Gasteiger partial charge in [0.2, 0.25) is 5.91 Å². The molecule has 2 aromatic carbocycles. The number of aryl methyl sites for hydroxylation is 1. The molecule has 0 saturated carbocycles. The number of halogens is 3. The molecule has 3 aromatic rings. The number of benzene rings is 2. The number of oxazole rings is 1. The monoisotopic (exact) mass is 464 g/mol. The topological polar surface area (TPSA) is 46.3 Å². The van der Waals surface area contributed by atoms with Gasteiger partial charge in [-0.3, -0.25) is 4.79 Å². The summed E-state index contributed by atoms with van der Waals surface area (Å²) in [7, 11) is 0. The third-order valence-electron chi connectivity index (χ3n) is 5.19. The smallest absolute Gasteiger partial charge is 0.222 e. The average molecular weight is 466 g/mol. The highest BCUT2D eigenvalue weighted by molar-refractivity contribution is 9.10. The van der Waals surface area contributed by atoms with Gasteiger partial charge in [0.25, 0.3) is 0 Å². The molecule has 1 saturated heterocycles. The largest absolute Gasteiger partial charge is 0.440 e. The van der Waals surface area contributed by atoms with Gasteiger partial charge in [-0.25, -0.2) is 9.37 Å². The molecular formula is C21H19BrClFN2O2. The molecule has 146 valence electrons. The predicted octanol–water partition coefficient (Wildman–Crippen LogP) is 5.72. The highest BCUT2D eigenvalue weighted by Crippen LogP contribution is 2.31. The summed E-state index contributed by atoms with van der Waals surface area (Å²) >= 11 is 9.25. The van der Waals surface area contributed by atoms with Gasteiger partial charge in [0.05, 0.1) is 0 Å². The van der Waals surface area contributed by atoms with Crippen LogP contribution in [0.2, 0.25) is 5.02 Å². The number of carbonyl (C=O) groups is 1. The first kappa shape index (κ1) is 19.4. The SMILES string of the molecule is O=C(CCc1ccc(Br)cc1F)N1CCC(c2nc3cc(Cl)ccc3o2)CC1. The minimum atomic E-state index is -0.281. The molecule has 28 heavy (non-hydrogen) atoms. The van der Waals surface area contributed by atoms with Crippen LogP contribution >= 0.6 is 27.5 Å². The van der Waals surface area contributed by atoms with Crippen LogP contribution in [0.25, 0.3) is 11.1 Å². The number of fused-ring (bicyclic) bond motifs is 1. The van der Waals surface area contributed by atoms with Gasteiger partial charge in [-0.2, -0.15) is 0 Å². The van der Waals surface area contributed by atoms with Gasteiger partial charge < -0.3 is 9.32 Å². The molecule has 2 heterocycles. The minimum Gasteiger partial charge on any atom is -0.440 e. The second-order valence-electron chi connectivity index (χ2n) is 7.05. The number of carbonyl (C=O) groups excluding carboxylic acids is 1. The second kappa shape index (κ2) is 8.21. The molecule has 0 N–H and O–H groups in total. The van der Waals surface area contributed by atoms with E-state index < -0.39 is 0 Å². The number of likely N-dealkylation sites (tertiary alicyclic amines) is 1. The Morgan fingerprint density at radius 2 is 2.04 bits per heavy atom. The van der Waals surface area contributed by atoms with Gasteiger partial charge in [-0.15, -0.1) is 0 Å². The van der Waals surface area contributed by atoms with Crippen LogP contribution in [0.5, 0.6) is 0 Å². The molecule has 1 aromatic heterocycles. The molecule has 4 nitrogen and oxygen atoms in total. The molecule has 0 radical (unpaired) electrons. The quantitative estimate of drug-likeness (QED) is 0.495. The van der Waals surface area contributed by atoms with Crippen molar-refractivity contribution in [3.8, 4) is 0 Å². The lowest BCUT2D eigenvalue weighted by atomic mass is 9.96. The van der Waals surface area contributed by atoms with Crippen molar-refractivity contribution in [1.82, 2.24) is 9.88 Å². The van der Waals surface area contributed by atoms with Crippen molar-refractivity contribution < 1.29 is 13.6 Å². The van der Waals surface area contributed by atoms with Gasteiger partial charge in [0.15, 0.2) is 11.5 Å². The first-order valence-electron chi connectivity index (χ1n) is 9.27. The summed E-state index contributed by atoms with van der Waals surface area (Å²) in [5.41, 5.74) is 2.06. The average Bonchev–Trinajstić information content (AvgIpc) is 3.10. The van der Waals surface area contributed by atoms with Gasteiger partial charge in [-0.1, -0.05) is 33.6 Å². The van der Waals surface area contributed by atoms with E-state index in [1.807, 2.05) is 11.0 Å². The molecule has 0 unspecified atom stereocenters. The molecule has 1 amide bonds. The summed E-state index contributed by atoms with van der Waals surface area (Å²) < 4.78 is 20.5. The van der Waals surface area contributed by atoms with Crippen LogP contribution in [0.15, 0.2) is 45.3 Å². The van der Waals surface area contributed by atoms with E-state index in [9.17, 15) is 9.18 Å². The van der Waals surface area contributed by atoms with Crippen LogP contribution in [-0.2, 0) is 11.2 Å². The van der Waals surface area contributed by atoms with Gasteiger partial charge in [-0.05, 0) is 55.2 Å². The van der Waals surface area contributed by atoms with Gasteiger partial charge in [0, 0.05) is 34.9 Å². The van der Waals surface area contributed by atoms with Crippen molar-refractivity contribution >= 4 is 44.5 Å². The number of piperidine rings is 1. The van der Waals surface area contributed by atoms with Gasteiger partial charge in [0.1, 0.15) is 11.3 Å². The number of hydrogen-bond acceptors (Lipinski definition) is 3. The summed E-state index contributed by atoms with van der Waals surface area (Å²) in [6, 6.07) is 10.4. The lowest BCUT2D eigenvalue weighted by Gasteiger charge is -2.30.